The molecule has 6 heteroatoms. The van der Waals surface area contributed by atoms with E-state index in [9.17, 15) is 4.79 Å². The Morgan fingerprint density at radius 1 is 1.40 bits per heavy atom. The molecule has 0 spiro atoms. The number of esters is 1. The lowest BCUT2D eigenvalue weighted by atomic mass is 10.1. The number of aliphatic hydroxyl groups excluding tert-OH is 1. The number of nitrogens with zero attached hydrogens (tertiary/aromatic N) is 3. The maximum absolute atomic E-state index is 11.8. The van der Waals surface area contributed by atoms with Crippen molar-refractivity contribution in [2.45, 2.75) is 13.2 Å². The lowest BCUT2D eigenvalue weighted by Gasteiger charge is -2.05. The van der Waals surface area contributed by atoms with Crippen LogP contribution in [0.1, 0.15) is 11.3 Å². The summed E-state index contributed by atoms with van der Waals surface area (Å²) in [5, 5.41) is 16.6. The van der Waals surface area contributed by atoms with E-state index in [1.807, 2.05) is 30.3 Å². The Balaban J connectivity index is 2.24. The molecule has 0 aliphatic carbocycles. The van der Waals surface area contributed by atoms with Gasteiger partial charge >= 0.3 is 5.97 Å². The highest BCUT2D eigenvalue weighted by Crippen LogP contribution is 2.10. The van der Waals surface area contributed by atoms with Crippen molar-refractivity contribution in [3.63, 3.8) is 0 Å². The molecule has 0 aliphatic rings. The van der Waals surface area contributed by atoms with Crippen LogP contribution < -0.4 is 0 Å². The van der Waals surface area contributed by atoms with E-state index in [4.69, 9.17) is 9.84 Å². The van der Waals surface area contributed by atoms with Crippen molar-refractivity contribution in [1.29, 1.82) is 0 Å². The molecule has 104 valence electrons. The highest BCUT2D eigenvalue weighted by Gasteiger charge is 2.12. The van der Waals surface area contributed by atoms with Crippen LogP contribution in [-0.4, -0.2) is 33.2 Å². The number of aliphatic hydroxyl groups is 1. The van der Waals surface area contributed by atoms with E-state index >= 15 is 0 Å². The van der Waals surface area contributed by atoms with Crippen LogP contribution in [0.4, 0.5) is 0 Å². The van der Waals surface area contributed by atoms with Crippen molar-refractivity contribution >= 4 is 12.0 Å². The number of hydrogen-bond acceptors (Lipinski definition) is 5. The highest BCUT2D eigenvalue weighted by molar-refractivity contribution is 5.93. The second kappa shape index (κ2) is 6.63. The van der Waals surface area contributed by atoms with Crippen molar-refractivity contribution in [3.8, 4) is 0 Å². The number of methoxy groups -OCH3 is 1. The van der Waals surface area contributed by atoms with Crippen molar-refractivity contribution in [3.05, 3.63) is 53.4 Å². The Morgan fingerprint density at radius 2 is 2.15 bits per heavy atom. The Morgan fingerprint density at radius 3 is 2.75 bits per heavy atom. The molecule has 0 aliphatic heterocycles. The zero-order valence-corrected chi connectivity index (χ0v) is 11.1. The van der Waals surface area contributed by atoms with E-state index < -0.39 is 5.97 Å². The van der Waals surface area contributed by atoms with Gasteiger partial charge in [0.2, 0.25) is 0 Å². The van der Waals surface area contributed by atoms with Crippen molar-refractivity contribution < 1.29 is 14.6 Å². The molecule has 1 aromatic carbocycles. The van der Waals surface area contributed by atoms with E-state index in [-0.39, 0.29) is 13.2 Å². The fourth-order valence-corrected chi connectivity index (χ4v) is 1.71. The van der Waals surface area contributed by atoms with Crippen LogP contribution >= 0.6 is 0 Å². The molecule has 1 N–H and O–H groups in total. The van der Waals surface area contributed by atoms with Crippen molar-refractivity contribution in [2.24, 2.45) is 0 Å². The van der Waals surface area contributed by atoms with Crippen LogP contribution in [0.15, 0.2) is 42.1 Å². The third-order valence-electron chi connectivity index (χ3n) is 2.67. The van der Waals surface area contributed by atoms with Crippen LogP contribution in [-0.2, 0) is 22.7 Å². The largest absolute Gasteiger partial charge is 0.466 e. The number of carbonyl (C=O) groups is 1. The zero-order valence-electron chi connectivity index (χ0n) is 11.1. The maximum Gasteiger partial charge on any atom is 0.335 e. The fourth-order valence-electron chi connectivity index (χ4n) is 1.71. The minimum absolute atomic E-state index is 0.185. The summed E-state index contributed by atoms with van der Waals surface area (Å²) in [6.07, 6.45) is 3.33. The number of hydrogen-bond donors (Lipinski definition) is 1. The van der Waals surface area contributed by atoms with Gasteiger partial charge in [-0.2, -0.15) is 0 Å². The van der Waals surface area contributed by atoms with Gasteiger partial charge in [0.05, 0.1) is 32.0 Å². The average molecular weight is 273 g/mol. The molecule has 0 atom stereocenters. The number of ether oxygens (including phenoxy) is 1. The van der Waals surface area contributed by atoms with E-state index in [1.165, 1.54) is 11.8 Å². The Hall–Kier alpha value is -2.47. The second-order valence-electron chi connectivity index (χ2n) is 4.14. The van der Waals surface area contributed by atoms with Gasteiger partial charge in [-0.3, -0.25) is 0 Å². The summed E-state index contributed by atoms with van der Waals surface area (Å²) in [6, 6.07) is 9.47. The molecule has 0 bridgehead atoms. The predicted octanol–water partition coefficient (Wildman–Crippen LogP) is 1.03. The van der Waals surface area contributed by atoms with Crippen molar-refractivity contribution in [2.75, 3.05) is 7.11 Å². The minimum Gasteiger partial charge on any atom is -0.466 e. The summed E-state index contributed by atoms with van der Waals surface area (Å²) in [5.74, 6) is -0.421. The first-order chi connectivity index (χ1) is 9.72. The number of benzene rings is 1. The van der Waals surface area contributed by atoms with Gasteiger partial charge in [0.1, 0.15) is 5.69 Å². The van der Waals surface area contributed by atoms with E-state index in [2.05, 4.69) is 10.3 Å². The van der Waals surface area contributed by atoms with Gasteiger partial charge in [0.25, 0.3) is 0 Å². The molecule has 1 aromatic heterocycles. The van der Waals surface area contributed by atoms with Crippen molar-refractivity contribution in [1.82, 2.24) is 15.0 Å². The Bertz CT molecular complexity index is 605. The normalized spacial score (nSPS) is 11.4. The predicted molar refractivity (Wildman–Crippen MR) is 72.4 cm³/mol. The molecule has 0 amide bonds. The molecule has 0 fully saturated rings. The molecule has 0 unspecified atom stereocenters. The first-order valence-electron chi connectivity index (χ1n) is 6.06. The third-order valence-corrected chi connectivity index (χ3v) is 2.67. The summed E-state index contributed by atoms with van der Waals surface area (Å²) in [5.41, 5.74) is 1.80. The van der Waals surface area contributed by atoms with Gasteiger partial charge < -0.3 is 9.84 Å². The minimum atomic E-state index is -0.421. The smallest absolute Gasteiger partial charge is 0.335 e. The maximum atomic E-state index is 11.8. The van der Waals surface area contributed by atoms with Crippen LogP contribution in [0.25, 0.3) is 6.08 Å². The SMILES string of the molecule is COC(=O)/C(=C/c1ccccc1)Cn1cc(CO)nn1. The summed E-state index contributed by atoms with van der Waals surface area (Å²) in [6.45, 7) is 0.0462. The lowest BCUT2D eigenvalue weighted by Crippen LogP contribution is -2.12. The quantitative estimate of drug-likeness (QED) is 0.650. The average Bonchev–Trinajstić information content (AvgIpc) is 2.94. The number of rotatable bonds is 5. The Labute approximate surface area is 116 Å². The molecule has 0 saturated carbocycles. The molecule has 0 radical (unpaired) electrons. The number of aromatic nitrogens is 3. The van der Waals surface area contributed by atoms with Gasteiger partial charge in [-0.15, -0.1) is 5.10 Å². The molecular weight excluding hydrogens is 258 g/mol. The second-order valence-corrected chi connectivity index (χ2v) is 4.14. The molecule has 1 heterocycles. The topological polar surface area (TPSA) is 77.2 Å². The van der Waals surface area contributed by atoms with Crippen LogP contribution in [0.2, 0.25) is 0 Å². The van der Waals surface area contributed by atoms with E-state index in [0.717, 1.165) is 5.56 Å². The monoisotopic (exact) mass is 273 g/mol. The molecule has 2 rings (SSSR count). The zero-order chi connectivity index (χ0) is 14.4. The van der Waals surface area contributed by atoms with Crippen LogP contribution in [0.5, 0.6) is 0 Å². The molecular formula is C14H15N3O3. The summed E-state index contributed by atoms with van der Waals surface area (Å²) >= 11 is 0. The van der Waals surface area contributed by atoms with Crippen LogP contribution in [0.3, 0.4) is 0 Å². The first-order valence-corrected chi connectivity index (χ1v) is 6.06. The van der Waals surface area contributed by atoms with Crippen LogP contribution in [0, 0.1) is 0 Å². The summed E-state index contributed by atoms with van der Waals surface area (Å²) in [7, 11) is 1.33. The Kier molecular flexibility index (Phi) is 4.62. The molecule has 20 heavy (non-hydrogen) atoms. The van der Waals surface area contributed by atoms with E-state index in [1.54, 1.807) is 12.3 Å². The van der Waals surface area contributed by atoms with E-state index in [0.29, 0.717) is 11.3 Å². The van der Waals surface area contributed by atoms with Gasteiger partial charge in [-0.25, -0.2) is 9.48 Å². The van der Waals surface area contributed by atoms with Gasteiger partial charge in [-0.05, 0) is 11.6 Å². The number of carbonyl (C=O) groups excluding carboxylic acids is 1. The standard InChI is InChI=1S/C14H15N3O3/c1-20-14(19)12(7-11-5-3-2-4-6-11)8-17-9-13(10-18)15-16-17/h2-7,9,18H,8,10H2,1H3/b12-7+. The summed E-state index contributed by atoms with van der Waals surface area (Å²) < 4.78 is 6.26. The molecule has 6 nitrogen and oxygen atoms in total. The van der Waals surface area contributed by atoms with Gasteiger partial charge in [0, 0.05) is 0 Å². The third kappa shape index (κ3) is 3.52. The molecule has 0 saturated heterocycles. The highest BCUT2D eigenvalue weighted by atomic mass is 16.5. The van der Waals surface area contributed by atoms with Gasteiger partial charge in [-0.1, -0.05) is 35.5 Å². The fraction of sp³-hybridized carbons (Fsp3) is 0.214. The molecule has 2 aromatic rings. The lowest BCUT2D eigenvalue weighted by molar-refractivity contribution is -0.136. The summed E-state index contributed by atoms with van der Waals surface area (Å²) in [4.78, 5) is 11.8. The van der Waals surface area contributed by atoms with Gasteiger partial charge in [0.15, 0.2) is 0 Å². The first kappa shape index (κ1) is 14.0.